The summed E-state index contributed by atoms with van der Waals surface area (Å²) in [6, 6.07) is 7.24. The molecule has 0 amide bonds. The summed E-state index contributed by atoms with van der Waals surface area (Å²) in [6.45, 7) is 2.43. The van der Waals surface area contributed by atoms with Crippen molar-refractivity contribution < 1.29 is 27.0 Å². The van der Waals surface area contributed by atoms with Gasteiger partial charge in [0.1, 0.15) is 23.4 Å². The number of alkyl halides is 3. The fourth-order valence-corrected chi connectivity index (χ4v) is 4.74. The van der Waals surface area contributed by atoms with Gasteiger partial charge >= 0.3 is 6.18 Å². The summed E-state index contributed by atoms with van der Waals surface area (Å²) in [7, 11) is 1.52. The predicted octanol–water partition coefficient (Wildman–Crippen LogP) is 4.98. The second kappa shape index (κ2) is 12.2. The number of pyridine rings is 2. The molecule has 0 saturated carbocycles. The Bertz CT molecular complexity index is 1440. The van der Waals surface area contributed by atoms with Crippen LogP contribution in [0.5, 0.6) is 5.75 Å². The van der Waals surface area contributed by atoms with Gasteiger partial charge in [-0.3, -0.25) is 9.30 Å². The van der Waals surface area contributed by atoms with Crippen molar-refractivity contribution in [3.63, 3.8) is 0 Å². The molecule has 1 saturated heterocycles. The minimum atomic E-state index is -4.51. The number of aromatic nitrogens is 4. The van der Waals surface area contributed by atoms with E-state index in [1.807, 2.05) is 0 Å². The molecule has 5 rings (SSSR count). The summed E-state index contributed by atoms with van der Waals surface area (Å²) in [5, 5.41) is 8.74. The molecular formula is C25H28Cl2F4N6O2. The van der Waals surface area contributed by atoms with Crippen molar-refractivity contribution in [2.75, 3.05) is 26.8 Å². The van der Waals surface area contributed by atoms with Crippen LogP contribution in [0.15, 0.2) is 42.6 Å². The lowest BCUT2D eigenvalue weighted by atomic mass is 10.1. The summed E-state index contributed by atoms with van der Waals surface area (Å²) < 4.78 is 69.8. The van der Waals surface area contributed by atoms with Gasteiger partial charge in [-0.1, -0.05) is 12.1 Å². The second-order valence-corrected chi connectivity index (χ2v) is 9.23. The molecule has 14 heteroatoms. The van der Waals surface area contributed by atoms with Gasteiger partial charge in [0.2, 0.25) is 0 Å². The zero-order valence-corrected chi connectivity index (χ0v) is 22.7. The van der Waals surface area contributed by atoms with Crippen molar-refractivity contribution in [1.29, 1.82) is 0 Å². The Morgan fingerprint density at radius 1 is 1.10 bits per heavy atom. The first-order valence-corrected chi connectivity index (χ1v) is 11.8. The molecule has 3 aromatic heterocycles. The van der Waals surface area contributed by atoms with Crippen molar-refractivity contribution in [1.82, 2.24) is 24.5 Å². The molecule has 0 aliphatic carbocycles. The van der Waals surface area contributed by atoms with E-state index < -0.39 is 18.0 Å². The number of hydrogen-bond donors (Lipinski definition) is 1. The van der Waals surface area contributed by atoms with E-state index in [-0.39, 0.29) is 85.0 Å². The number of methoxy groups -OCH3 is 1. The van der Waals surface area contributed by atoms with Crippen molar-refractivity contribution in [3.05, 3.63) is 54.0 Å². The lowest BCUT2D eigenvalue weighted by Gasteiger charge is -2.30. The molecule has 4 aromatic rings. The monoisotopic (exact) mass is 590 g/mol. The Kier molecular flexibility index (Phi) is 9.60. The number of halogens is 6. The molecule has 8 nitrogen and oxygen atoms in total. The van der Waals surface area contributed by atoms with Crippen LogP contribution in [0.3, 0.4) is 0 Å². The van der Waals surface area contributed by atoms with Gasteiger partial charge in [0, 0.05) is 37.8 Å². The molecular weight excluding hydrogens is 563 g/mol. The Balaban J connectivity index is 0.00000210. The van der Waals surface area contributed by atoms with Crippen molar-refractivity contribution in [2.45, 2.75) is 37.7 Å². The summed E-state index contributed by atoms with van der Waals surface area (Å²) in [5.41, 5.74) is 6.55. The van der Waals surface area contributed by atoms with Gasteiger partial charge in [0.15, 0.2) is 23.0 Å². The normalized spacial score (nSPS) is 17.6. The first-order chi connectivity index (χ1) is 17.7. The molecule has 1 aromatic carbocycles. The zero-order valence-electron chi connectivity index (χ0n) is 21.1. The summed E-state index contributed by atoms with van der Waals surface area (Å²) in [6.07, 6.45) is -3.03. The number of ether oxygens (including phenoxy) is 2. The lowest BCUT2D eigenvalue weighted by molar-refractivity contribution is -0.183. The van der Waals surface area contributed by atoms with Crippen LogP contribution in [0.25, 0.3) is 28.1 Å². The summed E-state index contributed by atoms with van der Waals surface area (Å²) in [4.78, 5) is 5.77. The molecule has 0 spiro atoms. The summed E-state index contributed by atoms with van der Waals surface area (Å²) >= 11 is 0. The number of hydrogen-bond acceptors (Lipinski definition) is 7. The van der Waals surface area contributed by atoms with Crippen LogP contribution in [-0.4, -0.2) is 69.6 Å². The predicted molar refractivity (Wildman–Crippen MR) is 143 cm³/mol. The van der Waals surface area contributed by atoms with Gasteiger partial charge < -0.3 is 15.2 Å². The lowest BCUT2D eigenvalue weighted by Crippen LogP contribution is -2.38. The smallest absolute Gasteiger partial charge is 0.408 e. The molecule has 39 heavy (non-hydrogen) atoms. The third kappa shape index (κ3) is 6.20. The van der Waals surface area contributed by atoms with Gasteiger partial charge in [-0.2, -0.15) is 13.2 Å². The molecule has 4 heterocycles. The highest BCUT2D eigenvalue weighted by Crippen LogP contribution is 2.39. The van der Waals surface area contributed by atoms with Crippen LogP contribution in [0.2, 0.25) is 0 Å². The van der Waals surface area contributed by atoms with E-state index in [0.29, 0.717) is 17.5 Å². The van der Waals surface area contributed by atoms with E-state index in [9.17, 15) is 13.2 Å². The SMILES string of the molecule is COC[C@@H](C)Oc1ccc2ccc(-c3nnc4ccc([C@@H](N5CC[C@H](N)C5)C(F)(F)F)cn34)nc2c1F.Cl.Cl. The fraction of sp³-hybridized carbons (Fsp3) is 0.400. The molecule has 2 N–H and O–H groups in total. The van der Waals surface area contributed by atoms with Crippen LogP contribution in [0, 0.1) is 5.82 Å². The maximum absolute atomic E-state index is 15.3. The minimum absolute atomic E-state index is 0. The van der Waals surface area contributed by atoms with Gasteiger partial charge in [0.25, 0.3) is 0 Å². The Morgan fingerprint density at radius 3 is 2.51 bits per heavy atom. The number of nitrogens with two attached hydrogens (primary N) is 1. The number of fused-ring (bicyclic) bond motifs is 2. The average Bonchev–Trinajstić information content (AvgIpc) is 3.46. The molecule has 1 fully saturated rings. The van der Waals surface area contributed by atoms with Gasteiger partial charge in [-0.05, 0) is 43.2 Å². The largest absolute Gasteiger partial charge is 0.485 e. The third-order valence-electron chi connectivity index (χ3n) is 6.40. The van der Waals surface area contributed by atoms with Crippen LogP contribution in [0.4, 0.5) is 17.6 Å². The molecule has 0 bridgehead atoms. The van der Waals surface area contributed by atoms with Gasteiger partial charge in [-0.25, -0.2) is 9.37 Å². The highest BCUT2D eigenvalue weighted by Gasteiger charge is 2.46. The first kappa shape index (κ1) is 30.8. The quantitative estimate of drug-likeness (QED) is 0.304. The molecule has 0 radical (unpaired) electrons. The number of nitrogens with zero attached hydrogens (tertiary/aromatic N) is 5. The van der Waals surface area contributed by atoms with E-state index >= 15 is 4.39 Å². The zero-order chi connectivity index (χ0) is 26.3. The van der Waals surface area contributed by atoms with Crippen molar-refractivity contribution in [2.24, 2.45) is 5.73 Å². The maximum Gasteiger partial charge on any atom is 0.408 e. The Labute approximate surface area is 234 Å². The van der Waals surface area contributed by atoms with Crippen molar-refractivity contribution in [3.8, 4) is 17.3 Å². The second-order valence-electron chi connectivity index (χ2n) is 9.23. The third-order valence-corrected chi connectivity index (χ3v) is 6.40. The van der Waals surface area contributed by atoms with Crippen molar-refractivity contribution >= 4 is 41.4 Å². The van der Waals surface area contributed by atoms with Gasteiger partial charge in [0.05, 0.1) is 6.61 Å². The number of rotatable bonds is 7. The molecule has 0 unspecified atom stereocenters. The fourth-order valence-electron chi connectivity index (χ4n) is 4.74. The molecule has 3 atom stereocenters. The molecule has 1 aliphatic heterocycles. The Morgan fingerprint density at radius 2 is 1.85 bits per heavy atom. The number of benzene rings is 1. The molecule has 1 aliphatic rings. The summed E-state index contributed by atoms with van der Waals surface area (Å²) in [5.74, 6) is -0.442. The maximum atomic E-state index is 15.3. The Hall–Kier alpha value is -2.77. The highest BCUT2D eigenvalue weighted by molar-refractivity contribution is 5.85. The topological polar surface area (TPSA) is 90.8 Å². The highest BCUT2D eigenvalue weighted by atomic mass is 35.5. The van der Waals surface area contributed by atoms with E-state index in [1.54, 1.807) is 25.1 Å². The standard InChI is InChI=1S/C25H26F4N6O2.2ClH/c1-14(13-36-2)37-19-7-4-15-3-6-18(31-22(15)21(19)26)24-33-32-20-8-5-16(11-35(20)24)23(25(27,28)29)34-10-9-17(30)12-34;;/h3-8,11,14,17,23H,9-10,12-13,30H2,1-2H3;2*1H/t14-,17+,23-;;/m1../s1. The van der Waals surface area contributed by atoms with Gasteiger partial charge in [-0.15, -0.1) is 35.0 Å². The van der Waals surface area contributed by atoms with Crippen LogP contribution >= 0.6 is 24.8 Å². The van der Waals surface area contributed by atoms with Crippen LogP contribution < -0.4 is 10.5 Å². The van der Waals surface area contributed by atoms with E-state index in [1.165, 1.54) is 40.8 Å². The van der Waals surface area contributed by atoms with E-state index in [4.69, 9.17) is 15.2 Å². The number of likely N-dealkylation sites (tertiary alicyclic amines) is 1. The van der Waals surface area contributed by atoms with Crippen LogP contribution in [0.1, 0.15) is 24.9 Å². The first-order valence-electron chi connectivity index (χ1n) is 11.8. The van der Waals surface area contributed by atoms with E-state index in [0.717, 1.165) is 0 Å². The van der Waals surface area contributed by atoms with Crippen LogP contribution in [-0.2, 0) is 4.74 Å². The molecule has 212 valence electrons. The van der Waals surface area contributed by atoms with E-state index in [2.05, 4.69) is 15.2 Å². The minimum Gasteiger partial charge on any atom is -0.485 e. The average molecular weight is 591 g/mol.